The van der Waals surface area contributed by atoms with Crippen molar-refractivity contribution in [1.82, 2.24) is 19.2 Å². The first kappa shape index (κ1) is 24.1. The van der Waals surface area contributed by atoms with Gasteiger partial charge in [0.15, 0.2) is 33.8 Å². The van der Waals surface area contributed by atoms with E-state index in [0.29, 0.717) is 11.5 Å². The van der Waals surface area contributed by atoms with E-state index in [1.807, 2.05) is 6.07 Å². The minimum Gasteiger partial charge on any atom is -0.457 e. The van der Waals surface area contributed by atoms with Crippen molar-refractivity contribution in [2.75, 3.05) is 5.73 Å². The highest BCUT2D eigenvalue weighted by atomic mass is 32.2. The Labute approximate surface area is 204 Å². The molecule has 0 aliphatic heterocycles. The van der Waals surface area contributed by atoms with E-state index in [1.165, 1.54) is 24.3 Å². The molecule has 0 atom stereocenters. The zero-order valence-corrected chi connectivity index (χ0v) is 19.0. The molecule has 2 N–H and O–H groups in total. The van der Waals surface area contributed by atoms with Crippen molar-refractivity contribution in [3.63, 3.8) is 0 Å². The van der Waals surface area contributed by atoms with Crippen LogP contribution in [0.15, 0.2) is 65.8 Å². The summed E-state index contributed by atoms with van der Waals surface area (Å²) in [6, 6.07) is 14.9. The first-order valence-electron chi connectivity index (χ1n) is 10.2. The molecule has 0 spiro atoms. The summed E-state index contributed by atoms with van der Waals surface area (Å²) in [5.41, 5.74) is 5.49. The Bertz CT molecular complexity index is 1750. The van der Waals surface area contributed by atoms with Crippen LogP contribution in [0.5, 0.6) is 11.5 Å². The number of hydrogen-bond donors (Lipinski definition) is 1. The van der Waals surface area contributed by atoms with E-state index in [0.717, 1.165) is 6.33 Å². The fraction of sp³-hybridized carbons (Fsp3) is 0. The number of halogens is 5. The molecule has 3 aromatic carbocycles. The van der Waals surface area contributed by atoms with Crippen molar-refractivity contribution in [2.45, 2.75) is 4.90 Å². The van der Waals surface area contributed by atoms with Gasteiger partial charge >= 0.3 is 0 Å². The summed E-state index contributed by atoms with van der Waals surface area (Å²) in [4.78, 5) is 5.47. The highest BCUT2D eigenvalue weighted by Crippen LogP contribution is 2.35. The first-order valence-corrected chi connectivity index (χ1v) is 11.6. The van der Waals surface area contributed by atoms with Crippen LogP contribution in [0.3, 0.4) is 0 Å². The average molecular weight is 533 g/mol. The van der Waals surface area contributed by atoms with Crippen molar-refractivity contribution in [2.24, 2.45) is 0 Å². The predicted octanol–water partition coefficient (Wildman–Crippen LogP) is 4.80. The molecule has 0 aliphatic rings. The molecule has 0 radical (unpaired) electrons. The van der Waals surface area contributed by atoms with Gasteiger partial charge in [-0.2, -0.15) is 13.5 Å². The number of nitrogens with zero attached hydrogens (tertiary/aromatic N) is 4. The Hall–Kier alpha value is -4.59. The van der Waals surface area contributed by atoms with Gasteiger partial charge in [-0.25, -0.2) is 31.9 Å². The smallest absolute Gasteiger partial charge is 0.291 e. The number of aromatic nitrogens is 4. The first-order chi connectivity index (χ1) is 17.6. The second kappa shape index (κ2) is 8.81. The largest absolute Gasteiger partial charge is 0.457 e. The van der Waals surface area contributed by atoms with Crippen LogP contribution in [-0.4, -0.2) is 27.6 Å². The van der Waals surface area contributed by atoms with Gasteiger partial charge in [0.25, 0.3) is 10.0 Å². The second-order valence-electron chi connectivity index (χ2n) is 7.49. The number of hydrogen-bond acceptors (Lipinski definition) is 7. The van der Waals surface area contributed by atoms with Gasteiger partial charge in [-0.15, -0.1) is 4.09 Å². The van der Waals surface area contributed by atoms with E-state index in [4.69, 9.17) is 10.5 Å². The molecule has 37 heavy (non-hydrogen) atoms. The third kappa shape index (κ3) is 3.91. The summed E-state index contributed by atoms with van der Waals surface area (Å²) in [5.74, 6) is -11.8. The topological polar surface area (TPSA) is 113 Å². The molecule has 5 aromatic rings. The number of nitrogens with two attached hydrogens (primary N) is 1. The van der Waals surface area contributed by atoms with E-state index in [1.54, 1.807) is 24.3 Å². The van der Waals surface area contributed by atoms with Crippen LogP contribution in [0.2, 0.25) is 0 Å². The van der Waals surface area contributed by atoms with E-state index < -0.39 is 49.7 Å². The average Bonchev–Trinajstić information content (AvgIpc) is 3.29. The fourth-order valence-electron chi connectivity index (χ4n) is 3.52. The van der Waals surface area contributed by atoms with Crippen molar-refractivity contribution in [3.8, 4) is 22.8 Å². The van der Waals surface area contributed by atoms with Gasteiger partial charge in [-0.1, -0.05) is 18.2 Å². The van der Waals surface area contributed by atoms with Crippen LogP contribution >= 0.6 is 0 Å². The van der Waals surface area contributed by atoms with Crippen molar-refractivity contribution < 1.29 is 35.1 Å². The lowest BCUT2D eigenvalue weighted by Crippen LogP contribution is -2.21. The summed E-state index contributed by atoms with van der Waals surface area (Å²) in [7, 11) is -5.50. The van der Waals surface area contributed by atoms with Gasteiger partial charge in [0, 0.05) is 5.56 Å². The number of nitrogen functional groups attached to an aromatic ring is 1. The molecule has 0 fully saturated rings. The minimum absolute atomic E-state index is 0.0440. The van der Waals surface area contributed by atoms with E-state index >= 15 is 0 Å². The van der Waals surface area contributed by atoms with Crippen LogP contribution in [0.4, 0.5) is 27.8 Å². The summed E-state index contributed by atoms with van der Waals surface area (Å²) in [6.07, 6.45) is 0.852. The standard InChI is InChI=1S/C23H12F5N5O3S/c24-15-16(25)18(27)21(19(28)17(15)26)37(34,35)33-23-14(22(29)30-10-31-23)20(32-33)11-6-8-13(9-7-11)36-12-4-2-1-3-5-12/h1-10H,(H2,29,30,31). The molecule has 0 bridgehead atoms. The predicted molar refractivity (Wildman–Crippen MR) is 121 cm³/mol. The second-order valence-corrected chi connectivity index (χ2v) is 9.20. The maximum atomic E-state index is 14.4. The number of ether oxygens (including phenoxy) is 1. The quantitative estimate of drug-likeness (QED) is 0.196. The molecule has 14 heteroatoms. The zero-order valence-electron chi connectivity index (χ0n) is 18.2. The van der Waals surface area contributed by atoms with Gasteiger partial charge in [-0.3, -0.25) is 0 Å². The van der Waals surface area contributed by atoms with Crippen molar-refractivity contribution in [1.29, 1.82) is 0 Å². The van der Waals surface area contributed by atoms with Crippen LogP contribution in [-0.2, 0) is 10.0 Å². The molecular weight excluding hydrogens is 521 g/mol. The molecule has 5 rings (SSSR count). The number of para-hydroxylation sites is 1. The molecule has 8 nitrogen and oxygen atoms in total. The monoisotopic (exact) mass is 533 g/mol. The lowest BCUT2D eigenvalue weighted by atomic mass is 10.1. The van der Waals surface area contributed by atoms with Crippen LogP contribution in [0.25, 0.3) is 22.3 Å². The normalized spacial score (nSPS) is 11.7. The van der Waals surface area contributed by atoms with Crippen LogP contribution in [0, 0.1) is 29.1 Å². The number of anilines is 1. The maximum Gasteiger partial charge on any atom is 0.291 e. The van der Waals surface area contributed by atoms with E-state index in [-0.39, 0.29) is 26.5 Å². The molecule has 0 saturated carbocycles. The van der Waals surface area contributed by atoms with Gasteiger partial charge in [-0.05, 0) is 36.4 Å². The zero-order chi connectivity index (χ0) is 26.5. The molecule has 0 unspecified atom stereocenters. The molecule has 0 aliphatic carbocycles. The fourth-order valence-corrected chi connectivity index (χ4v) is 4.88. The minimum atomic E-state index is -5.50. The molecular formula is C23H12F5N5O3S. The highest BCUT2D eigenvalue weighted by molar-refractivity contribution is 7.90. The molecule has 2 aromatic heterocycles. The summed E-state index contributed by atoms with van der Waals surface area (Å²) in [6.45, 7) is 0. The Kier molecular flexibility index (Phi) is 5.75. The molecule has 0 saturated heterocycles. The van der Waals surface area contributed by atoms with Crippen LogP contribution in [0.1, 0.15) is 0 Å². The Morgan fingerprint density at radius 2 is 1.32 bits per heavy atom. The molecule has 2 heterocycles. The van der Waals surface area contributed by atoms with Gasteiger partial charge in [0.2, 0.25) is 5.82 Å². The third-order valence-corrected chi connectivity index (χ3v) is 6.81. The van der Waals surface area contributed by atoms with Crippen molar-refractivity contribution >= 4 is 26.9 Å². The lowest BCUT2D eigenvalue weighted by Gasteiger charge is -2.09. The SMILES string of the molecule is Nc1ncnc2c1c(-c1ccc(Oc3ccccc3)cc1)nn2S(=O)(=O)c1c(F)c(F)c(F)c(F)c1F. The van der Waals surface area contributed by atoms with E-state index in [2.05, 4.69) is 15.1 Å². The van der Waals surface area contributed by atoms with Crippen LogP contribution < -0.4 is 10.5 Å². The molecule has 0 amide bonds. The van der Waals surface area contributed by atoms with Crippen molar-refractivity contribution in [3.05, 3.63) is 90.0 Å². The lowest BCUT2D eigenvalue weighted by molar-refractivity contribution is 0.357. The Morgan fingerprint density at radius 1 is 0.757 bits per heavy atom. The Morgan fingerprint density at radius 3 is 1.95 bits per heavy atom. The van der Waals surface area contributed by atoms with E-state index in [9.17, 15) is 30.4 Å². The summed E-state index contributed by atoms with van der Waals surface area (Å²) < 4.78 is 102. The van der Waals surface area contributed by atoms with Gasteiger partial charge in [0.1, 0.15) is 29.3 Å². The number of rotatable bonds is 5. The molecule has 188 valence electrons. The third-order valence-electron chi connectivity index (χ3n) is 5.23. The summed E-state index contributed by atoms with van der Waals surface area (Å²) in [5, 5.41) is 3.75. The number of benzene rings is 3. The summed E-state index contributed by atoms with van der Waals surface area (Å²) >= 11 is 0. The van der Waals surface area contributed by atoms with Gasteiger partial charge in [0.05, 0.1) is 5.39 Å². The highest BCUT2D eigenvalue weighted by Gasteiger charge is 2.37. The number of fused-ring (bicyclic) bond motifs is 1. The van der Waals surface area contributed by atoms with Gasteiger partial charge < -0.3 is 10.5 Å². The Balaban J connectivity index is 1.67. The maximum absolute atomic E-state index is 14.4.